The van der Waals surface area contributed by atoms with E-state index in [4.69, 9.17) is 9.15 Å². The van der Waals surface area contributed by atoms with E-state index in [1.165, 1.54) is 29.6 Å². The minimum absolute atomic E-state index is 0.0218. The van der Waals surface area contributed by atoms with E-state index in [1.807, 2.05) is 30.3 Å². The van der Waals surface area contributed by atoms with E-state index in [-0.39, 0.29) is 5.91 Å². The van der Waals surface area contributed by atoms with Crippen molar-refractivity contribution in [3.63, 3.8) is 0 Å². The molecule has 1 aromatic carbocycles. The second-order valence-electron chi connectivity index (χ2n) is 5.54. The Bertz CT molecular complexity index is 823. The van der Waals surface area contributed by atoms with Crippen molar-refractivity contribution >= 4 is 35.4 Å². The SMILES string of the molecule is CCOC(=O)/C=C1\SCC(=O)N1CCSc1nnc(Cc2ccccc2)o1. The second-order valence-corrected chi connectivity index (χ2v) is 7.58. The van der Waals surface area contributed by atoms with Crippen molar-refractivity contribution in [2.45, 2.75) is 18.6 Å². The van der Waals surface area contributed by atoms with Crippen LogP contribution in [0.4, 0.5) is 0 Å². The third-order valence-corrected chi connectivity index (χ3v) is 5.45. The number of amides is 1. The standard InChI is InChI=1S/C18H19N3O4S2/c1-2-24-17(23)11-16-21(15(22)12-27-16)8-9-26-18-20-19-14(25-18)10-13-6-4-3-5-7-13/h3-7,11H,2,8-10,12H2,1H3/b16-11-. The maximum atomic E-state index is 12.0. The highest BCUT2D eigenvalue weighted by Gasteiger charge is 2.27. The molecule has 1 fully saturated rings. The average Bonchev–Trinajstić information content (AvgIpc) is 3.24. The van der Waals surface area contributed by atoms with Crippen LogP contribution < -0.4 is 0 Å². The van der Waals surface area contributed by atoms with E-state index in [1.54, 1.807) is 11.8 Å². The number of carbonyl (C=O) groups excluding carboxylic acids is 2. The molecule has 7 nitrogen and oxygen atoms in total. The maximum absolute atomic E-state index is 12.0. The molecule has 1 aliphatic rings. The normalized spacial score (nSPS) is 15.5. The number of hydrogen-bond acceptors (Lipinski definition) is 8. The number of ether oxygens (including phenoxy) is 1. The van der Waals surface area contributed by atoms with Crippen LogP contribution in [-0.2, 0) is 20.7 Å². The largest absolute Gasteiger partial charge is 0.463 e. The van der Waals surface area contributed by atoms with Crippen LogP contribution in [0.3, 0.4) is 0 Å². The Morgan fingerprint density at radius 1 is 1.37 bits per heavy atom. The lowest BCUT2D eigenvalue weighted by atomic mass is 10.2. The molecule has 1 amide bonds. The average molecular weight is 406 g/mol. The van der Waals surface area contributed by atoms with Crippen LogP contribution in [0.25, 0.3) is 0 Å². The summed E-state index contributed by atoms with van der Waals surface area (Å²) in [5, 5.41) is 9.18. The third-order valence-electron chi connectivity index (χ3n) is 3.63. The van der Waals surface area contributed by atoms with Gasteiger partial charge in [0.15, 0.2) is 0 Å². The molecule has 142 valence electrons. The second kappa shape index (κ2) is 9.61. The number of esters is 1. The summed E-state index contributed by atoms with van der Waals surface area (Å²) in [5.74, 6) is 1.01. The molecule has 0 bridgehead atoms. The Balaban J connectivity index is 1.51. The molecule has 1 aromatic heterocycles. The molecule has 2 aromatic rings. The van der Waals surface area contributed by atoms with Gasteiger partial charge in [-0.25, -0.2) is 4.79 Å². The minimum Gasteiger partial charge on any atom is -0.463 e. The summed E-state index contributed by atoms with van der Waals surface area (Å²) in [6.07, 6.45) is 1.95. The first-order valence-corrected chi connectivity index (χ1v) is 10.4. The van der Waals surface area contributed by atoms with Gasteiger partial charge < -0.3 is 14.1 Å². The Kier molecular flexibility index (Phi) is 6.94. The molecule has 0 aliphatic carbocycles. The number of rotatable bonds is 8. The Hall–Kier alpha value is -2.26. The lowest BCUT2D eigenvalue weighted by Crippen LogP contribution is -2.27. The summed E-state index contributed by atoms with van der Waals surface area (Å²) in [7, 11) is 0. The highest BCUT2D eigenvalue weighted by molar-refractivity contribution is 8.04. The van der Waals surface area contributed by atoms with Crippen LogP contribution in [0.2, 0.25) is 0 Å². The third kappa shape index (κ3) is 5.61. The first kappa shape index (κ1) is 19.5. The Morgan fingerprint density at radius 3 is 2.96 bits per heavy atom. The Labute approximate surface area is 165 Å². The van der Waals surface area contributed by atoms with Crippen LogP contribution in [0.15, 0.2) is 51.1 Å². The zero-order chi connectivity index (χ0) is 19.1. The number of benzene rings is 1. The van der Waals surface area contributed by atoms with Gasteiger partial charge in [0, 0.05) is 12.3 Å². The van der Waals surface area contributed by atoms with Gasteiger partial charge in [-0.3, -0.25) is 4.79 Å². The molecule has 9 heteroatoms. The number of aromatic nitrogens is 2. The molecule has 0 N–H and O–H groups in total. The van der Waals surface area contributed by atoms with Crippen LogP contribution in [-0.4, -0.2) is 51.6 Å². The van der Waals surface area contributed by atoms with Gasteiger partial charge in [0.25, 0.3) is 5.22 Å². The predicted octanol–water partition coefficient (Wildman–Crippen LogP) is 2.73. The molecule has 0 unspecified atom stereocenters. The van der Waals surface area contributed by atoms with Crippen molar-refractivity contribution in [3.05, 3.63) is 52.9 Å². The van der Waals surface area contributed by atoms with E-state index >= 15 is 0 Å². The molecule has 0 radical (unpaired) electrons. The summed E-state index contributed by atoms with van der Waals surface area (Å²) in [5.41, 5.74) is 1.10. The van der Waals surface area contributed by atoms with Gasteiger partial charge in [0.05, 0.1) is 29.9 Å². The molecule has 27 heavy (non-hydrogen) atoms. The van der Waals surface area contributed by atoms with Crippen LogP contribution in [0.1, 0.15) is 18.4 Å². The van der Waals surface area contributed by atoms with E-state index in [0.29, 0.717) is 47.2 Å². The van der Waals surface area contributed by atoms with Crippen LogP contribution >= 0.6 is 23.5 Å². The molecule has 0 saturated carbocycles. The van der Waals surface area contributed by atoms with E-state index in [9.17, 15) is 9.59 Å². The fraction of sp³-hybridized carbons (Fsp3) is 0.333. The fourth-order valence-corrected chi connectivity index (χ4v) is 4.07. The quantitative estimate of drug-likeness (QED) is 0.376. The smallest absolute Gasteiger partial charge is 0.333 e. The van der Waals surface area contributed by atoms with Gasteiger partial charge in [-0.05, 0) is 12.5 Å². The molecule has 3 rings (SSSR count). The molecule has 1 aliphatic heterocycles. The Morgan fingerprint density at radius 2 is 2.19 bits per heavy atom. The van der Waals surface area contributed by atoms with Crippen molar-refractivity contribution in [1.29, 1.82) is 0 Å². The summed E-state index contributed by atoms with van der Waals surface area (Å²) in [4.78, 5) is 25.2. The summed E-state index contributed by atoms with van der Waals surface area (Å²) < 4.78 is 10.6. The van der Waals surface area contributed by atoms with E-state index < -0.39 is 5.97 Å². The summed E-state index contributed by atoms with van der Waals surface area (Å²) in [6.45, 7) is 2.51. The predicted molar refractivity (Wildman–Crippen MR) is 103 cm³/mol. The van der Waals surface area contributed by atoms with Crippen molar-refractivity contribution in [2.75, 3.05) is 24.7 Å². The molecule has 0 spiro atoms. The number of thioether (sulfide) groups is 2. The minimum atomic E-state index is -0.435. The van der Waals surface area contributed by atoms with Gasteiger partial charge in [-0.2, -0.15) is 0 Å². The lowest BCUT2D eigenvalue weighted by molar-refractivity contribution is -0.137. The molecule has 2 heterocycles. The van der Waals surface area contributed by atoms with Gasteiger partial charge in [-0.15, -0.1) is 10.2 Å². The first-order valence-electron chi connectivity index (χ1n) is 8.46. The van der Waals surface area contributed by atoms with E-state index in [0.717, 1.165) is 5.56 Å². The highest BCUT2D eigenvalue weighted by Crippen LogP contribution is 2.29. The zero-order valence-electron chi connectivity index (χ0n) is 14.8. The van der Waals surface area contributed by atoms with Crippen molar-refractivity contribution in [2.24, 2.45) is 0 Å². The van der Waals surface area contributed by atoms with Gasteiger partial charge in [0.2, 0.25) is 11.8 Å². The number of hydrogen-bond donors (Lipinski definition) is 0. The van der Waals surface area contributed by atoms with Crippen molar-refractivity contribution < 1.29 is 18.7 Å². The lowest BCUT2D eigenvalue weighted by Gasteiger charge is -2.15. The van der Waals surface area contributed by atoms with E-state index in [2.05, 4.69) is 10.2 Å². The molecule has 0 atom stereocenters. The highest BCUT2D eigenvalue weighted by atomic mass is 32.2. The maximum Gasteiger partial charge on any atom is 0.333 e. The van der Waals surface area contributed by atoms with Crippen LogP contribution in [0, 0.1) is 0 Å². The monoisotopic (exact) mass is 405 g/mol. The summed E-state index contributed by atoms with van der Waals surface area (Å²) >= 11 is 2.73. The van der Waals surface area contributed by atoms with Gasteiger partial charge in [-0.1, -0.05) is 53.9 Å². The molecular formula is C18H19N3O4S2. The zero-order valence-corrected chi connectivity index (χ0v) is 16.4. The van der Waals surface area contributed by atoms with Gasteiger partial charge >= 0.3 is 5.97 Å². The number of carbonyl (C=O) groups is 2. The van der Waals surface area contributed by atoms with Crippen molar-refractivity contribution in [1.82, 2.24) is 15.1 Å². The molecule has 1 saturated heterocycles. The fourth-order valence-electron chi connectivity index (χ4n) is 2.42. The summed E-state index contributed by atoms with van der Waals surface area (Å²) in [6, 6.07) is 9.90. The van der Waals surface area contributed by atoms with Gasteiger partial charge in [0.1, 0.15) is 0 Å². The van der Waals surface area contributed by atoms with Crippen LogP contribution in [0.5, 0.6) is 0 Å². The first-order chi connectivity index (χ1) is 13.2. The number of nitrogens with zero attached hydrogens (tertiary/aromatic N) is 3. The molecular weight excluding hydrogens is 386 g/mol. The van der Waals surface area contributed by atoms with Crippen molar-refractivity contribution in [3.8, 4) is 0 Å². The topological polar surface area (TPSA) is 85.5 Å².